The Morgan fingerprint density at radius 1 is 0.929 bits per heavy atom. The fourth-order valence-electron chi connectivity index (χ4n) is 1.34. The van der Waals surface area contributed by atoms with Crippen molar-refractivity contribution < 1.29 is 13.2 Å². The van der Waals surface area contributed by atoms with E-state index in [9.17, 15) is 13.2 Å². The molecule has 1 unspecified atom stereocenters. The number of halogens is 3. The van der Waals surface area contributed by atoms with Crippen molar-refractivity contribution in [1.82, 2.24) is 0 Å². The Morgan fingerprint density at radius 2 is 1.50 bits per heavy atom. The van der Waals surface area contributed by atoms with Crippen LogP contribution in [0.4, 0.5) is 13.2 Å². The highest BCUT2D eigenvalue weighted by Gasteiger charge is 2.16. The third-order valence-corrected chi connectivity index (χ3v) is 2.31. The van der Waals surface area contributed by atoms with Crippen molar-refractivity contribution in [3.05, 3.63) is 0 Å². The van der Waals surface area contributed by atoms with Crippen LogP contribution in [0.1, 0.15) is 52.4 Å². The van der Waals surface area contributed by atoms with Gasteiger partial charge >= 0.3 is 0 Å². The molecule has 14 heavy (non-hydrogen) atoms. The molecule has 0 radical (unpaired) electrons. The largest absolute Gasteiger partial charge is 0.255 e. The second-order valence-corrected chi connectivity index (χ2v) is 3.35. The molecule has 0 amide bonds. The topological polar surface area (TPSA) is 0 Å². The van der Waals surface area contributed by atoms with Gasteiger partial charge in [-0.05, 0) is 12.8 Å². The van der Waals surface area contributed by atoms with E-state index in [1.165, 1.54) is 12.8 Å². The molecule has 0 saturated carbocycles. The maximum absolute atomic E-state index is 12.2. The standard InChI is InChI=1S/C10H20F2.CH3F/c1-3-5-6-7-8-9(4-2)10(11)12;1-2/h9-10H,3-8H2,1-2H3;1H3. The number of unbranched alkanes of at least 4 members (excludes halogenated alkanes) is 3. The minimum absolute atomic E-state index is 0.359. The second kappa shape index (κ2) is 12.8. The summed E-state index contributed by atoms with van der Waals surface area (Å²) in [5.41, 5.74) is 0. The minimum Gasteiger partial charge on any atom is -0.255 e. The van der Waals surface area contributed by atoms with Crippen LogP contribution in [-0.2, 0) is 0 Å². The molecule has 0 aliphatic heterocycles. The number of hydrogen-bond acceptors (Lipinski definition) is 0. The van der Waals surface area contributed by atoms with E-state index in [2.05, 4.69) is 6.92 Å². The Hall–Kier alpha value is -0.210. The van der Waals surface area contributed by atoms with E-state index in [4.69, 9.17) is 0 Å². The van der Waals surface area contributed by atoms with Gasteiger partial charge in [-0.3, -0.25) is 4.39 Å². The summed E-state index contributed by atoms with van der Waals surface area (Å²) in [6.07, 6.45) is 3.64. The third kappa shape index (κ3) is 9.87. The fraction of sp³-hybridized carbons (Fsp3) is 1.00. The molecule has 3 heteroatoms. The number of alkyl halides is 3. The molecule has 0 aromatic carbocycles. The Labute approximate surface area is 85.9 Å². The smallest absolute Gasteiger partial charge is 0.241 e. The average Bonchev–Trinajstić information content (AvgIpc) is 2.20. The van der Waals surface area contributed by atoms with Crippen LogP contribution in [-0.4, -0.2) is 13.6 Å². The van der Waals surface area contributed by atoms with Crippen molar-refractivity contribution in [3.63, 3.8) is 0 Å². The first-order valence-corrected chi connectivity index (χ1v) is 5.38. The van der Waals surface area contributed by atoms with Crippen molar-refractivity contribution in [2.75, 3.05) is 7.18 Å². The Morgan fingerprint density at radius 3 is 1.86 bits per heavy atom. The summed E-state index contributed by atoms with van der Waals surface area (Å²) in [5.74, 6) is -0.359. The molecular weight excluding hydrogens is 189 g/mol. The Kier molecular flexibility index (Phi) is 14.8. The highest BCUT2D eigenvalue weighted by atomic mass is 19.3. The lowest BCUT2D eigenvalue weighted by molar-refractivity contribution is 0.0687. The lowest BCUT2D eigenvalue weighted by Crippen LogP contribution is -2.09. The molecule has 0 fully saturated rings. The zero-order valence-electron chi connectivity index (χ0n) is 9.53. The third-order valence-electron chi connectivity index (χ3n) is 2.31. The number of rotatable bonds is 7. The van der Waals surface area contributed by atoms with Gasteiger partial charge in [-0.25, -0.2) is 8.78 Å². The van der Waals surface area contributed by atoms with Gasteiger partial charge in [-0.15, -0.1) is 0 Å². The Balaban J connectivity index is 0. The lowest BCUT2D eigenvalue weighted by atomic mass is 9.99. The monoisotopic (exact) mass is 212 g/mol. The predicted molar refractivity (Wildman–Crippen MR) is 55.6 cm³/mol. The van der Waals surface area contributed by atoms with Gasteiger partial charge in [0.15, 0.2) is 0 Å². The van der Waals surface area contributed by atoms with E-state index in [0.29, 0.717) is 20.0 Å². The number of hydrogen-bond donors (Lipinski definition) is 0. The summed E-state index contributed by atoms with van der Waals surface area (Å²) >= 11 is 0. The molecule has 1 atom stereocenters. The highest BCUT2D eigenvalue weighted by Crippen LogP contribution is 2.20. The molecule has 0 heterocycles. The van der Waals surface area contributed by atoms with Crippen molar-refractivity contribution in [1.29, 1.82) is 0 Å². The maximum atomic E-state index is 12.2. The highest BCUT2D eigenvalue weighted by molar-refractivity contribution is 4.59. The van der Waals surface area contributed by atoms with Crippen LogP contribution in [0.15, 0.2) is 0 Å². The summed E-state index contributed by atoms with van der Waals surface area (Å²) in [6, 6.07) is 0. The SMILES string of the molecule is CCCCCCC(CC)C(F)F.CF. The van der Waals surface area contributed by atoms with E-state index in [-0.39, 0.29) is 5.92 Å². The van der Waals surface area contributed by atoms with Gasteiger partial charge < -0.3 is 0 Å². The van der Waals surface area contributed by atoms with Gasteiger partial charge in [-0.1, -0.05) is 39.5 Å². The molecule has 0 bridgehead atoms. The van der Waals surface area contributed by atoms with Gasteiger partial charge in [0.1, 0.15) is 0 Å². The molecule has 0 aliphatic carbocycles. The molecule has 0 aromatic rings. The van der Waals surface area contributed by atoms with Crippen LogP contribution in [0.2, 0.25) is 0 Å². The van der Waals surface area contributed by atoms with Crippen molar-refractivity contribution in [3.8, 4) is 0 Å². The van der Waals surface area contributed by atoms with Gasteiger partial charge in [0.2, 0.25) is 6.43 Å². The van der Waals surface area contributed by atoms with E-state index >= 15 is 0 Å². The molecule has 0 aromatic heterocycles. The molecular formula is C11H23F3. The van der Waals surface area contributed by atoms with E-state index in [1.54, 1.807) is 0 Å². The summed E-state index contributed by atoms with van der Waals surface area (Å²) in [7, 11) is 0.500. The zero-order chi connectivity index (χ0) is 11.4. The van der Waals surface area contributed by atoms with Crippen LogP contribution >= 0.6 is 0 Å². The molecule has 0 N–H and O–H groups in total. The molecule has 0 nitrogen and oxygen atoms in total. The first kappa shape index (κ1) is 16.2. The summed E-state index contributed by atoms with van der Waals surface area (Å²) in [5, 5.41) is 0. The van der Waals surface area contributed by atoms with Gasteiger partial charge in [0, 0.05) is 5.92 Å². The molecule has 88 valence electrons. The second-order valence-electron chi connectivity index (χ2n) is 3.35. The zero-order valence-corrected chi connectivity index (χ0v) is 9.53. The normalized spacial score (nSPS) is 12.2. The van der Waals surface area contributed by atoms with Crippen LogP contribution < -0.4 is 0 Å². The molecule has 0 spiro atoms. The fourth-order valence-corrected chi connectivity index (χ4v) is 1.34. The predicted octanol–water partition coefficient (Wildman–Crippen LogP) is 4.83. The van der Waals surface area contributed by atoms with E-state index < -0.39 is 6.43 Å². The van der Waals surface area contributed by atoms with Gasteiger partial charge in [0.05, 0.1) is 7.18 Å². The summed E-state index contributed by atoms with van der Waals surface area (Å²) < 4.78 is 33.9. The molecule has 0 rings (SSSR count). The Bertz CT molecular complexity index is 94.5. The van der Waals surface area contributed by atoms with Crippen molar-refractivity contribution in [2.24, 2.45) is 5.92 Å². The maximum Gasteiger partial charge on any atom is 0.241 e. The van der Waals surface area contributed by atoms with Crippen LogP contribution in [0.3, 0.4) is 0 Å². The average molecular weight is 212 g/mol. The van der Waals surface area contributed by atoms with Crippen molar-refractivity contribution in [2.45, 2.75) is 58.8 Å². The summed E-state index contributed by atoms with van der Waals surface area (Å²) in [6.45, 7) is 3.97. The van der Waals surface area contributed by atoms with Gasteiger partial charge in [-0.2, -0.15) is 0 Å². The molecule has 0 saturated heterocycles. The summed E-state index contributed by atoms with van der Waals surface area (Å²) in [4.78, 5) is 0. The van der Waals surface area contributed by atoms with E-state index in [0.717, 1.165) is 12.8 Å². The minimum atomic E-state index is -2.11. The van der Waals surface area contributed by atoms with Crippen LogP contribution in [0, 0.1) is 5.92 Å². The van der Waals surface area contributed by atoms with E-state index in [1.807, 2.05) is 6.92 Å². The quantitative estimate of drug-likeness (QED) is 0.530. The van der Waals surface area contributed by atoms with Crippen LogP contribution in [0.25, 0.3) is 0 Å². The van der Waals surface area contributed by atoms with Crippen molar-refractivity contribution >= 4 is 0 Å². The molecule has 0 aliphatic rings. The first-order chi connectivity index (χ1) is 6.72. The first-order valence-electron chi connectivity index (χ1n) is 5.38. The van der Waals surface area contributed by atoms with Gasteiger partial charge in [0.25, 0.3) is 0 Å². The lowest BCUT2D eigenvalue weighted by Gasteiger charge is -2.12. The van der Waals surface area contributed by atoms with Crippen LogP contribution in [0.5, 0.6) is 0 Å².